The number of hydrogen-bond donors (Lipinski definition) is 0. The maximum atomic E-state index is 3.87. The number of nitrogens with zero attached hydrogens (tertiary/aromatic N) is 2. The van der Waals surface area contributed by atoms with Gasteiger partial charge in [-0.05, 0) is 25.8 Å². The van der Waals surface area contributed by atoms with Crippen LogP contribution in [0.25, 0.3) is 0 Å². The highest BCUT2D eigenvalue weighted by Crippen LogP contribution is 2.02. The Labute approximate surface area is 74.6 Å². The summed E-state index contributed by atoms with van der Waals surface area (Å²) in [6.45, 7) is 13.9. The summed E-state index contributed by atoms with van der Waals surface area (Å²) < 4.78 is 0. The molecular formula is C10H16N2. The number of likely N-dealkylation sites (N-methyl/N-ethyl adjacent to an activating group) is 1. The molecule has 66 valence electrons. The summed E-state index contributed by atoms with van der Waals surface area (Å²) in [6, 6.07) is 0. The molecule has 0 aromatic rings. The molecule has 0 saturated carbocycles. The van der Waals surface area contributed by atoms with E-state index in [-0.39, 0.29) is 0 Å². The summed E-state index contributed by atoms with van der Waals surface area (Å²) in [7, 11) is 1.98. The molecule has 0 spiro atoms. The van der Waals surface area contributed by atoms with Gasteiger partial charge in [-0.15, -0.1) is 0 Å². The second kappa shape index (κ2) is 5.35. The van der Waals surface area contributed by atoms with Crippen molar-refractivity contribution in [3.05, 3.63) is 36.7 Å². The van der Waals surface area contributed by atoms with E-state index in [1.54, 1.807) is 6.08 Å². The highest BCUT2D eigenvalue weighted by Gasteiger charge is 1.92. The van der Waals surface area contributed by atoms with Gasteiger partial charge in [-0.25, -0.2) is 0 Å². The van der Waals surface area contributed by atoms with Crippen molar-refractivity contribution < 1.29 is 0 Å². The van der Waals surface area contributed by atoms with Gasteiger partial charge in [0.2, 0.25) is 0 Å². The summed E-state index contributed by atoms with van der Waals surface area (Å²) >= 11 is 0. The van der Waals surface area contributed by atoms with Crippen LogP contribution in [-0.2, 0) is 0 Å². The first-order valence-corrected chi connectivity index (χ1v) is 3.85. The fourth-order valence-electron chi connectivity index (χ4n) is 0.575. The lowest BCUT2D eigenvalue weighted by Crippen LogP contribution is -2.14. The van der Waals surface area contributed by atoms with Crippen molar-refractivity contribution in [3.8, 4) is 0 Å². The van der Waals surface area contributed by atoms with Gasteiger partial charge in [-0.1, -0.05) is 13.2 Å². The smallest absolute Gasteiger partial charge is 0.0551 e. The van der Waals surface area contributed by atoms with E-state index in [4.69, 9.17) is 0 Å². The van der Waals surface area contributed by atoms with E-state index in [2.05, 4.69) is 31.8 Å². The van der Waals surface area contributed by atoms with Crippen LogP contribution in [0.1, 0.15) is 6.92 Å². The van der Waals surface area contributed by atoms with E-state index < -0.39 is 0 Å². The van der Waals surface area contributed by atoms with Crippen molar-refractivity contribution >= 4 is 6.72 Å². The Morgan fingerprint density at radius 1 is 1.42 bits per heavy atom. The molecule has 0 N–H and O–H groups in total. The lowest BCUT2D eigenvalue weighted by Gasteiger charge is -2.15. The number of aliphatic imine (C=N–C) groups is 1. The van der Waals surface area contributed by atoms with Gasteiger partial charge in [0.1, 0.15) is 0 Å². The van der Waals surface area contributed by atoms with Gasteiger partial charge >= 0.3 is 0 Å². The van der Waals surface area contributed by atoms with E-state index in [9.17, 15) is 0 Å². The largest absolute Gasteiger partial charge is 0.375 e. The van der Waals surface area contributed by atoms with Gasteiger partial charge in [-0.3, -0.25) is 4.99 Å². The Hall–Kier alpha value is -1.31. The standard InChI is InChI=1S/C10H16N2/c1-6-12(5)10(3)8-7-9(2)11-4/h7-8H,2-4,6H2,1,5H3/b8-7-. The second-order valence-corrected chi connectivity index (χ2v) is 2.49. The molecule has 0 unspecified atom stereocenters. The molecule has 0 bridgehead atoms. The Kier molecular flexibility index (Phi) is 4.77. The zero-order valence-corrected chi connectivity index (χ0v) is 7.88. The molecule has 0 aliphatic heterocycles. The summed E-state index contributed by atoms with van der Waals surface area (Å²) in [5.74, 6) is 0. The minimum absolute atomic E-state index is 0.653. The van der Waals surface area contributed by atoms with Gasteiger partial charge in [0.15, 0.2) is 0 Å². The van der Waals surface area contributed by atoms with E-state index in [1.807, 2.05) is 18.0 Å². The third-order valence-electron chi connectivity index (χ3n) is 1.64. The Morgan fingerprint density at radius 2 is 2.00 bits per heavy atom. The van der Waals surface area contributed by atoms with Crippen molar-refractivity contribution in [2.45, 2.75) is 6.92 Å². The molecule has 0 aliphatic rings. The Bertz CT molecular complexity index is 214. The van der Waals surface area contributed by atoms with Crippen molar-refractivity contribution in [1.82, 2.24) is 4.90 Å². The fraction of sp³-hybridized carbons (Fsp3) is 0.300. The SMILES string of the molecule is C=NC(=C)/C=C\C(=C)N(C)CC. The summed E-state index contributed by atoms with van der Waals surface area (Å²) in [5.41, 5.74) is 1.60. The average molecular weight is 164 g/mol. The molecule has 0 radical (unpaired) electrons. The van der Waals surface area contributed by atoms with Crippen LogP contribution in [-0.4, -0.2) is 25.2 Å². The third kappa shape index (κ3) is 3.76. The van der Waals surface area contributed by atoms with Crippen molar-refractivity contribution in [1.29, 1.82) is 0 Å². The molecule has 0 amide bonds. The van der Waals surface area contributed by atoms with Crippen LogP contribution >= 0.6 is 0 Å². The second-order valence-electron chi connectivity index (χ2n) is 2.49. The number of rotatable bonds is 5. The normalized spacial score (nSPS) is 9.83. The Morgan fingerprint density at radius 3 is 2.42 bits per heavy atom. The maximum absolute atomic E-state index is 3.87. The maximum Gasteiger partial charge on any atom is 0.0551 e. The molecule has 0 rings (SSSR count). The average Bonchev–Trinajstić information content (AvgIpc) is 2.11. The van der Waals surface area contributed by atoms with Crippen molar-refractivity contribution in [2.24, 2.45) is 4.99 Å². The molecule has 2 nitrogen and oxygen atoms in total. The van der Waals surface area contributed by atoms with Gasteiger partial charge < -0.3 is 4.90 Å². The molecule has 0 atom stereocenters. The van der Waals surface area contributed by atoms with Gasteiger partial charge in [0, 0.05) is 19.3 Å². The summed E-state index contributed by atoms with van der Waals surface area (Å²) in [4.78, 5) is 5.69. The highest BCUT2D eigenvalue weighted by molar-refractivity contribution is 5.33. The first-order chi connectivity index (χ1) is 5.61. The van der Waals surface area contributed by atoms with Gasteiger partial charge in [0.25, 0.3) is 0 Å². The van der Waals surface area contributed by atoms with Crippen LogP contribution in [0.5, 0.6) is 0 Å². The van der Waals surface area contributed by atoms with Gasteiger partial charge in [-0.2, -0.15) is 0 Å². The molecule has 0 aliphatic carbocycles. The minimum Gasteiger partial charge on any atom is -0.375 e. The van der Waals surface area contributed by atoms with Crippen LogP contribution in [0.4, 0.5) is 0 Å². The van der Waals surface area contributed by atoms with E-state index >= 15 is 0 Å². The zero-order valence-electron chi connectivity index (χ0n) is 7.88. The van der Waals surface area contributed by atoms with Crippen LogP contribution in [0.2, 0.25) is 0 Å². The first-order valence-electron chi connectivity index (χ1n) is 3.85. The number of allylic oxidation sites excluding steroid dienone is 2. The molecule has 0 saturated heterocycles. The minimum atomic E-state index is 0.653. The lowest BCUT2D eigenvalue weighted by atomic mass is 10.3. The first kappa shape index (κ1) is 10.7. The predicted octanol–water partition coefficient (Wildman–Crippen LogP) is 2.22. The lowest BCUT2D eigenvalue weighted by molar-refractivity contribution is 0.458. The molecule has 12 heavy (non-hydrogen) atoms. The monoisotopic (exact) mass is 164 g/mol. The molecule has 0 fully saturated rings. The van der Waals surface area contributed by atoms with E-state index in [0.717, 1.165) is 12.2 Å². The quantitative estimate of drug-likeness (QED) is 0.449. The zero-order chi connectivity index (χ0) is 9.56. The van der Waals surface area contributed by atoms with Gasteiger partial charge in [0.05, 0.1) is 5.70 Å². The molecular weight excluding hydrogens is 148 g/mol. The highest BCUT2D eigenvalue weighted by atomic mass is 15.1. The topological polar surface area (TPSA) is 15.6 Å². The number of hydrogen-bond acceptors (Lipinski definition) is 2. The molecule has 2 heteroatoms. The van der Waals surface area contributed by atoms with E-state index in [0.29, 0.717) is 5.70 Å². The predicted molar refractivity (Wildman–Crippen MR) is 55.3 cm³/mol. The third-order valence-corrected chi connectivity index (χ3v) is 1.64. The van der Waals surface area contributed by atoms with Crippen LogP contribution in [0.3, 0.4) is 0 Å². The van der Waals surface area contributed by atoms with Crippen LogP contribution in [0, 0.1) is 0 Å². The molecule has 0 aromatic carbocycles. The summed E-state index contributed by atoms with van der Waals surface area (Å²) in [5, 5.41) is 0. The van der Waals surface area contributed by atoms with Crippen molar-refractivity contribution in [2.75, 3.05) is 13.6 Å². The van der Waals surface area contributed by atoms with Crippen molar-refractivity contribution in [3.63, 3.8) is 0 Å². The Balaban J connectivity index is 4.08. The summed E-state index contributed by atoms with van der Waals surface area (Å²) in [6.07, 6.45) is 3.67. The fourth-order valence-corrected chi connectivity index (χ4v) is 0.575. The molecule has 0 aromatic heterocycles. The van der Waals surface area contributed by atoms with Crippen LogP contribution in [0.15, 0.2) is 41.7 Å². The van der Waals surface area contributed by atoms with Crippen LogP contribution < -0.4 is 0 Å². The van der Waals surface area contributed by atoms with E-state index in [1.165, 1.54) is 0 Å². The molecule has 0 heterocycles.